The Morgan fingerprint density at radius 2 is 1.85 bits per heavy atom. The molecule has 1 amide bonds. The van der Waals surface area contributed by atoms with Crippen molar-refractivity contribution in [1.29, 1.82) is 0 Å². The van der Waals surface area contributed by atoms with E-state index in [9.17, 15) is 18.0 Å². The fourth-order valence-corrected chi connectivity index (χ4v) is 4.58. The molecule has 0 aromatic carbocycles. The van der Waals surface area contributed by atoms with Crippen molar-refractivity contribution < 1.29 is 23.1 Å². The summed E-state index contributed by atoms with van der Waals surface area (Å²) >= 11 is 0. The number of nitrogens with one attached hydrogen (secondary N) is 1. The quantitative estimate of drug-likeness (QED) is 0.730. The number of carboxylic acids is 1. The van der Waals surface area contributed by atoms with Gasteiger partial charge in [-0.1, -0.05) is 12.2 Å². The Morgan fingerprint density at radius 3 is 2.40 bits per heavy atom. The summed E-state index contributed by atoms with van der Waals surface area (Å²) in [5.74, 6) is -2.49. The molecule has 0 saturated carbocycles. The van der Waals surface area contributed by atoms with Gasteiger partial charge in [0, 0.05) is 6.54 Å². The Labute approximate surface area is 118 Å². The van der Waals surface area contributed by atoms with Gasteiger partial charge in [0.25, 0.3) is 0 Å². The van der Waals surface area contributed by atoms with Crippen LogP contribution in [0.25, 0.3) is 0 Å². The number of carboxylic acid groups (broad SMARTS) is 1. The third-order valence-electron chi connectivity index (χ3n) is 4.05. The van der Waals surface area contributed by atoms with E-state index in [4.69, 9.17) is 5.11 Å². The molecular weight excluding hydrogens is 282 g/mol. The van der Waals surface area contributed by atoms with Gasteiger partial charge in [0.15, 0.2) is 9.84 Å². The summed E-state index contributed by atoms with van der Waals surface area (Å²) in [4.78, 5) is 23.2. The van der Waals surface area contributed by atoms with Crippen LogP contribution in [0.2, 0.25) is 0 Å². The second kappa shape index (κ2) is 5.95. The number of hydrogen-bond acceptors (Lipinski definition) is 4. The van der Waals surface area contributed by atoms with Gasteiger partial charge >= 0.3 is 5.97 Å². The molecule has 2 rings (SSSR count). The van der Waals surface area contributed by atoms with Crippen molar-refractivity contribution in [2.45, 2.75) is 30.9 Å². The highest BCUT2D eigenvalue weighted by Crippen LogP contribution is 2.26. The lowest BCUT2D eigenvalue weighted by Gasteiger charge is -2.24. The standard InChI is InChI=1S/C13H19NO5S/c15-12(10-5-1-2-6-11(10)13(16)17)14-8-9-4-3-7-20(9,18)19/h1-2,9-11H,3-8H2,(H,14,15)(H,16,17). The Bertz CT molecular complexity index is 525. The normalized spacial score (nSPS) is 31.9. The molecule has 1 aliphatic heterocycles. The predicted molar refractivity (Wildman–Crippen MR) is 72.8 cm³/mol. The van der Waals surface area contributed by atoms with Crippen molar-refractivity contribution in [3.8, 4) is 0 Å². The topological polar surface area (TPSA) is 101 Å². The molecule has 1 saturated heterocycles. The lowest BCUT2D eigenvalue weighted by Crippen LogP contribution is -2.42. The van der Waals surface area contributed by atoms with Crippen molar-refractivity contribution in [3.05, 3.63) is 12.2 Å². The minimum atomic E-state index is -3.09. The molecular formula is C13H19NO5S. The van der Waals surface area contributed by atoms with Gasteiger partial charge in [0.1, 0.15) is 0 Å². The Hall–Kier alpha value is -1.37. The number of carbonyl (C=O) groups is 2. The first-order valence-electron chi connectivity index (χ1n) is 6.79. The number of aliphatic carboxylic acids is 1. The number of carbonyl (C=O) groups excluding carboxylic acids is 1. The van der Waals surface area contributed by atoms with Gasteiger partial charge in [0.2, 0.25) is 5.91 Å². The van der Waals surface area contributed by atoms with Crippen molar-refractivity contribution in [3.63, 3.8) is 0 Å². The zero-order valence-electron chi connectivity index (χ0n) is 11.1. The summed E-state index contributed by atoms with van der Waals surface area (Å²) < 4.78 is 23.3. The molecule has 0 spiro atoms. The summed E-state index contributed by atoms with van der Waals surface area (Å²) in [6.45, 7) is 0.0910. The van der Waals surface area contributed by atoms with Crippen molar-refractivity contribution in [2.75, 3.05) is 12.3 Å². The van der Waals surface area contributed by atoms with E-state index in [1.165, 1.54) is 0 Å². The van der Waals surface area contributed by atoms with Crippen LogP contribution in [0.15, 0.2) is 12.2 Å². The van der Waals surface area contributed by atoms with Crippen molar-refractivity contribution >= 4 is 21.7 Å². The number of allylic oxidation sites excluding steroid dienone is 2. The zero-order valence-corrected chi connectivity index (χ0v) is 11.9. The maximum Gasteiger partial charge on any atom is 0.307 e. The fourth-order valence-electron chi connectivity index (χ4n) is 2.81. The largest absolute Gasteiger partial charge is 0.481 e. The van der Waals surface area contributed by atoms with Crippen LogP contribution in [0, 0.1) is 11.8 Å². The van der Waals surface area contributed by atoms with Gasteiger partial charge in [-0.05, 0) is 25.7 Å². The monoisotopic (exact) mass is 301 g/mol. The van der Waals surface area contributed by atoms with E-state index in [1.54, 1.807) is 12.2 Å². The number of sulfone groups is 1. The van der Waals surface area contributed by atoms with Crippen LogP contribution < -0.4 is 5.32 Å². The van der Waals surface area contributed by atoms with E-state index >= 15 is 0 Å². The summed E-state index contributed by atoms with van der Waals surface area (Å²) in [5.41, 5.74) is 0. The molecule has 0 aromatic rings. The average molecular weight is 301 g/mol. The summed E-state index contributed by atoms with van der Waals surface area (Å²) in [7, 11) is -3.09. The fraction of sp³-hybridized carbons (Fsp3) is 0.692. The van der Waals surface area contributed by atoms with Crippen LogP contribution in [-0.2, 0) is 19.4 Å². The minimum absolute atomic E-state index is 0.0910. The Morgan fingerprint density at radius 1 is 1.20 bits per heavy atom. The predicted octanol–water partition coefficient (Wildman–Crippen LogP) is 0.347. The zero-order chi connectivity index (χ0) is 14.8. The average Bonchev–Trinajstić information content (AvgIpc) is 2.75. The van der Waals surface area contributed by atoms with Crippen LogP contribution in [0.3, 0.4) is 0 Å². The molecule has 1 fully saturated rings. The highest BCUT2D eigenvalue weighted by atomic mass is 32.2. The Kier molecular flexibility index (Phi) is 4.47. The van der Waals surface area contributed by atoms with Crippen LogP contribution >= 0.6 is 0 Å². The third kappa shape index (κ3) is 3.20. The highest BCUT2D eigenvalue weighted by molar-refractivity contribution is 7.92. The smallest absolute Gasteiger partial charge is 0.307 e. The minimum Gasteiger partial charge on any atom is -0.481 e. The van der Waals surface area contributed by atoms with E-state index in [2.05, 4.69) is 5.32 Å². The summed E-state index contributed by atoms with van der Waals surface area (Å²) in [6.07, 6.45) is 5.50. The molecule has 7 heteroatoms. The van der Waals surface area contributed by atoms with E-state index in [0.29, 0.717) is 25.7 Å². The molecule has 1 aliphatic carbocycles. The maximum absolute atomic E-state index is 12.1. The number of hydrogen-bond donors (Lipinski definition) is 2. The third-order valence-corrected chi connectivity index (χ3v) is 6.33. The van der Waals surface area contributed by atoms with Crippen molar-refractivity contribution in [1.82, 2.24) is 5.32 Å². The van der Waals surface area contributed by atoms with E-state index in [-0.39, 0.29) is 18.2 Å². The molecule has 1 heterocycles. The molecule has 0 bridgehead atoms. The second-order valence-corrected chi connectivity index (χ2v) is 7.77. The van der Waals surface area contributed by atoms with Gasteiger partial charge < -0.3 is 10.4 Å². The lowest BCUT2D eigenvalue weighted by atomic mass is 9.82. The van der Waals surface area contributed by atoms with Crippen LogP contribution in [0.1, 0.15) is 25.7 Å². The first kappa shape index (κ1) is 15.0. The van der Waals surface area contributed by atoms with E-state index < -0.39 is 32.9 Å². The van der Waals surface area contributed by atoms with Crippen molar-refractivity contribution in [2.24, 2.45) is 11.8 Å². The molecule has 112 valence electrons. The second-order valence-electron chi connectivity index (χ2n) is 5.37. The number of rotatable bonds is 4. The van der Waals surface area contributed by atoms with Gasteiger partial charge in [-0.2, -0.15) is 0 Å². The molecule has 20 heavy (non-hydrogen) atoms. The summed E-state index contributed by atoms with van der Waals surface area (Å²) in [6, 6.07) is 0. The molecule has 2 aliphatic rings. The van der Waals surface area contributed by atoms with Gasteiger partial charge in [0.05, 0.1) is 22.8 Å². The van der Waals surface area contributed by atoms with Crippen LogP contribution in [-0.4, -0.2) is 42.9 Å². The van der Waals surface area contributed by atoms with E-state index in [0.717, 1.165) is 0 Å². The molecule has 0 radical (unpaired) electrons. The highest BCUT2D eigenvalue weighted by Gasteiger charge is 2.36. The molecule has 0 aromatic heterocycles. The van der Waals surface area contributed by atoms with Crippen LogP contribution in [0.5, 0.6) is 0 Å². The number of amides is 1. The first-order chi connectivity index (χ1) is 9.42. The maximum atomic E-state index is 12.1. The molecule has 2 N–H and O–H groups in total. The molecule has 3 atom stereocenters. The van der Waals surface area contributed by atoms with Crippen LogP contribution in [0.4, 0.5) is 0 Å². The SMILES string of the molecule is O=C(O)C1CC=CCC1C(=O)NCC1CCCS1(=O)=O. The Balaban J connectivity index is 1.94. The van der Waals surface area contributed by atoms with Gasteiger partial charge in [-0.25, -0.2) is 8.42 Å². The molecule has 6 nitrogen and oxygen atoms in total. The first-order valence-corrected chi connectivity index (χ1v) is 8.50. The summed E-state index contributed by atoms with van der Waals surface area (Å²) in [5, 5.41) is 11.2. The van der Waals surface area contributed by atoms with Gasteiger partial charge in [-0.3, -0.25) is 9.59 Å². The van der Waals surface area contributed by atoms with E-state index in [1.807, 2.05) is 0 Å². The molecule has 3 unspecified atom stereocenters. The van der Waals surface area contributed by atoms with Gasteiger partial charge in [-0.15, -0.1) is 0 Å². The lowest BCUT2D eigenvalue weighted by molar-refractivity contribution is -0.147.